The largest absolute Gasteiger partial charge is 0.497 e. The number of aryl methyl sites for hydroxylation is 1. The lowest BCUT2D eigenvalue weighted by Gasteiger charge is -2.25. The molecule has 0 atom stereocenters. The molecule has 1 aromatic heterocycles. The predicted octanol–water partition coefficient (Wildman–Crippen LogP) is 4.42. The second-order valence-electron chi connectivity index (χ2n) is 8.41. The molecular formula is C27H28N4O8S. The Balaban J connectivity index is 1.79. The van der Waals surface area contributed by atoms with E-state index in [1.165, 1.54) is 63.3 Å². The number of nitrogens with zero attached hydrogens (tertiary/aromatic N) is 4. The summed E-state index contributed by atoms with van der Waals surface area (Å²) in [7, 11) is 2.85. The van der Waals surface area contributed by atoms with Gasteiger partial charge < -0.3 is 28.6 Å². The van der Waals surface area contributed by atoms with Crippen molar-refractivity contribution in [1.82, 2.24) is 4.57 Å². The molecule has 4 rings (SSSR count). The van der Waals surface area contributed by atoms with Gasteiger partial charge in [0.25, 0.3) is 15.9 Å². The summed E-state index contributed by atoms with van der Waals surface area (Å²) in [6, 6.07) is 15.7. The number of benzene rings is 3. The minimum absolute atomic E-state index is 0.0354. The van der Waals surface area contributed by atoms with Crippen molar-refractivity contribution in [2.24, 2.45) is 17.3 Å². The number of aromatic nitrogens is 1. The third-order valence-corrected chi connectivity index (χ3v) is 7.94. The van der Waals surface area contributed by atoms with Crippen LogP contribution in [0, 0.1) is 0 Å². The van der Waals surface area contributed by atoms with Gasteiger partial charge in [0.15, 0.2) is 17.2 Å². The summed E-state index contributed by atoms with van der Waals surface area (Å²) >= 11 is 0. The van der Waals surface area contributed by atoms with Crippen molar-refractivity contribution < 1.29 is 37.3 Å². The summed E-state index contributed by atoms with van der Waals surface area (Å²) < 4.78 is 51.5. The van der Waals surface area contributed by atoms with Crippen molar-refractivity contribution in [3.8, 4) is 28.9 Å². The van der Waals surface area contributed by atoms with Crippen LogP contribution in [-0.4, -0.2) is 59.0 Å². The topological polar surface area (TPSA) is 141 Å². The molecule has 210 valence electrons. The molecule has 0 aliphatic carbocycles. The number of hydrogen-bond donors (Lipinski definition) is 1. The Kier molecular flexibility index (Phi) is 8.14. The average molecular weight is 569 g/mol. The number of aromatic hydroxyl groups is 1. The molecule has 0 spiro atoms. The summed E-state index contributed by atoms with van der Waals surface area (Å²) in [5, 5.41) is 18.8. The third kappa shape index (κ3) is 5.23. The molecule has 13 heteroatoms. The highest BCUT2D eigenvalue weighted by atomic mass is 32.2. The maximum Gasteiger partial charge on any atom is 0.285 e. The van der Waals surface area contributed by atoms with Gasteiger partial charge in [-0.2, -0.15) is 0 Å². The van der Waals surface area contributed by atoms with Gasteiger partial charge in [-0.25, -0.2) is 8.42 Å². The van der Waals surface area contributed by atoms with Crippen LogP contribution in [0.15, 0.2) is 75.8 Å². The van der Waals surface area contributed by atoms with E-state index in [1.54, 1.807) is 37.4 Å². The molecule has 0 aliphatic rings. The molecule has 0 fully saturated rings. The van der Waals surface area contributed by atoms with E-state index in [0.717, 1.165) is 4.31 Å². The maximum absolute atomic E-state index is 14.0. The SMILES string of the molecule is COc1ccc(OC)c(N(CC(=O)N=Nc2c(O)n(C)c3ccccc23)S(=O)(=O)c2ccc(OC)c(OC)c2)c1. The molecular weight excluding hydrogens is 540 g/mol. The van der Waals surface area contributed by atoms with Gasteiger partial charge in [0.2, 0.25) is 5.88 Å². The Morgan fingerprint density at radius 1 is 0.900 bits per heavy atom. The molecule has 0 bridgehead atoms. The highest BCUT2D eigenvalue weighted by molar-refractivity contribution is 7.92. The number of rotatable bonds is 10. The molecule has 4 aromatic rings. The first-order valence-corrected chi connectivity index (χ1v) is 13.3. The number of ether oxygens (including phenoxy) is 4. The van der Waals surface area contributed by atoms with Crippen molar-refractivity contribution in [3.05, 3.63) is 60.7 Å². The number of anilines is 1. The van der Waals surface area contributed by atoms with Gasteiger partial charge in [-0.05, 0) is 30.3 Å². The number of methoxy groups -OCH3 is 4. The van der Waals surface area contributed by atoms with Crippen molar-refractivity contribution in [1.29, 1.82) is 0 Å². The summed E-state index contributed by atoms with van der Waals surface area (Å²) in [6.07, 6.45) is 0. The number of carbonyl (C=O) groups is 1. The first-order chi connectivity index (χ1) is 19.2. The molecule has 3 aromatic carbocycles. The van der Waals surface area contributed by atoms with E-state index in [-0.39, 0.29) is 33.6 Å². The molecule has 1 N–H and O–H groups in total. The minimum atomic E-state index is -4.40. The van der Waals surface area contributed by atoms with Crippen LogP contribution in [0.25, 0.3) is 10.9 Å². The van der Waals surface area contributed by atoms with Crippen LogP contribution in [0.3, 0.4) is 0 Å². The zero-order valence-corrected chi connectivity index (χ0v) is 23.3. The van der Waals surface area contributed by atoms with Crippen LogP contribution in [0.1, 0.15) is 0 Å². The summed E-state index contributed by atoms with van der Waals surface area (Å²) in [5.74, 6) is -0.0899. The zero-order chi connectivity index (χ0) is 29.0. The second kappa shape index (κ2) is 11.5. The normalized spacial score (nSPS) is 11.5. The number of hydrogen-bond acceptors (Lipinski definition) is 9. The lowest BCUT2D eigenvalue weighted by atomic mass is 10.2. The van der Waals surface area contributed by atoms with E-state index >= 15 is 0 Å². The van der Waals surface area contributed by atoms with Gasteiger partial charge in [0.05, 0.1) is 44.5 Å². The summed E-state index contributed by atoms with van der Waals surface area (Å²) in [4.78, 5) is 13.0. The number of carbonyl (C=O) groups excluding carboxylic acids is 1. The summed E-state index contributed by atoms with van der Waals surface area (Å²) in [5.41, 5.74) is 0.799. The van der Waals surface area contributed by atoms with E-state index in [2.05, 4.69) is 10.2 Å². The number of para-hydroxylation sites is 1. The predicted molar refractivity (Wildman–Crippen MR) is 148 cm³/mol. The first kappa shape index (κ1) is 28.2. The Hall–Kier alpha value is -4.78. The number of azo groups is 1. The van der Waals surface area contributed by atoms with E-state index in [0.29, 0.717) is 22.4 Å². The van der Waals surface area contributed by atoms with Crippen LogP contribution in [0.5, 0.6) is 28.9 Å². The Morgan fingerprint density at radius 2 is 1.57 bits per heavy atom. The van der Waals surface area contributed by atoms with Crippen LogP contribution in [0.2, 0.25) is 0 Å². The molecule has 0 aliphatic heterocycles. The molecule has 1 heterocycles. The van der Waals surface area contributed by atoms with Gasteiger partial charge in [0, 0.05) is 24.6 Å². The Labute approximate surface area is 231 Å². The molecule has 0 unspecified atom stereocenters. The van der Waals surface area contributed by atoms with E-state index in [1.807, 2.05) is 0 Å². The van der Waals surface area contributed by atoms with Gasteiger partial charge in [-0.3, -0.25) is 9.10 Å². The van der Waals surface area contributed by atoms with Crippen LogP contribution in [-0.2, 0) is 21.9 Å². The number of sulfonamides is 1. The molecule has 0 radical (unpaired) electrons. The van der Waals surface area contributed by atoms with Crippen molar-refractivity contribution in [3.63, 3.8) is 0 Å². The monoisotopic (exact) mass is 568 g/mol. The highest BCUT2D eigenvalue weighted by Gasteiger charge is 2.31. The van der Waals surface area contributed by atoms with Gasteiger partial charge in [-0.15, -0.1) is 10.2 Å². The van der Waals surface area contributed by atoms with E-state index in [4.69, 9.17) is 18.9 Å². The maximum atomic E-state index is 14.0. The smallest absolute Gasteiger partial charge is 0.285 e. The highest BCUT2D eigenvalue weighted by Crippen LogP contribution is 2.39. The van der Waals surface area contributed by atoms with E-state index in [9.17, 15) is 18.3 Å². The van der Waals surface area contributed by atoms with Gasteiger partial charge in [0.1, 0.15) is 18.0 Å². The second-order valence-corrected chi connectivity index (χ2v) is 10.3. The Bertz CT molecular complexity index is 1700. The lowest BCUT2D eigenvalue weighted by molar-refractivity contribution is -0.116. The van der Waals surface area contributed by atoms with Crippen LogP contribution < -0.4 is 23.3 Å². The minimum Gasteiger partial charge on any atom is -0.497 e. The van der Waals surface area contributed by atoms with Crippen molar-refractivity contribution in [2.75, 3.05) is 39.3 Å². The lowest BCUT2D eigenvalue weighted by Crippen LogP contribution is -2.35. The fourth-order valence-electron chi connectivity index (χ4n) is 4.11. The van der Waals surface area contributed by atoms with Gasteiger partial charge >= 0.3 is 0 Å². The zero-order valence-electron chi connectivity index (χ0n) is 22.5. The third-order valence-electron chi connectivity index (χ3n) is 6.19. The van der Waals surface area contributed by atoms with Crippen LogP contribution >= 0.6 is 0 Å². The molecule has 40 heavy (non-hydrogen) atoms. The van der Waals surface area contributed by atoms with Crippen molar-refractivity contribution >= 4 is 38.2 Å². The molecule has 12 nitrogen and oxygen atoms in total. The summed E-state index contributed by atoms with van der Waals surface area (Å²) in [6.45, 7) is -0.741. The number of amides is 1. The first-order valence-electron chi connectivity index (χ1n) is 11.8. The molecule has 0 saturated heterocycles. The number of fused-ring (bicyclic) bond motifs is 1. The molecule has 0 saturated carbocycles. The Morgan fingerprint density at radius 3 is 2.25 bits per heavy atom. The average Bonchev–Trinajstić information content (AvgIpc) is 3.22. The molecule has 1 amide bonds. The van der Waals surface area contributed by atoms with Crippen molar-refractivity contribution in [2.45, 2.75) is 4.90 Å². The fraction of sp³-hybridized carbons (Fsp3) is 0.222. The fourth-order valence-corrected chi connectivity index (χ4v) is 5.55. The van der Waals surface area contributed by atoms with E-state index < -0.39 is 22.5 Å². The van der Waals surface area contributed by atoms with Crippen LogP contribution in [0.4, 0.5) is 11.4 Å². The standard InChI is InChI=1S/C27H28N4O8S/c1-30-20-9-7-6-8-19(20)26(27(30)33)29-28-25(32)16-31(21-14-17(36-2)10-12-22(21)37-3)40(34,35)18-11-13-23(38-4)24(15-18)39-5/h6-15,33H,16H2,1-5H3. The quantitative estimate of drug-likeness (QED) is 0.277. The van der Waals surface area contributed by atoms with Gasteiger partial charge in [-0.1, -0.05) is 18.2 Å².